The summed E-state index contributed by atoms with van der Waals surface area (Å²) in [6.07, 6.45) is 28.2. The van der Waals surface area contributed by atoms with Crippen LogP contribution in [-0.4, -0.2) is 20.1 Å². The Balaban J connectivity index is 0. The molecule has 0 unspecified atom stereocenters. The SMILES string of the molecule is CCCCCCCCCCCCN.CCCCCCCCCCCCNC. The molecule has 2 nitrogen and oxygen atoms in total. The summed E-state index contributed by atoms with van der Waals surface area (Å²) in [5.41, 5.74) is 5.42. The molecule has 0 bridgehead atoms. The molecule has 0 aliphatic rings. The first-order valence-corrected chi connectivity index (χ1v) is 12.7. The molecule has 166 valence electrons. The second-order valence-electron chi connectivity index (χ2n) is 8.26. The monoisotopic (exact) mass is 384 g/mol. The Morgan fingerprint density at radius 3 is 1.04 bits per heavy atom. The van der Waals surface area contributed by atoms with Crippen LogP contribution < -0.4 is 11.1 Å². The molecular weight excluding hydrogens is 328 g/mol. The van der Waals surface area contributed by atoms with Gasteiger partial charge in [-0.1, -0.05) is 129 Å². The van der Waals surface area contributed by atoms with Crippen LogP contribution in [0.2, 0.25) is 0 Å². The fourth-order valence-electron chi connectivity index (χ4n) is 3.42. The third-order valence-electron chi connectivity index (χ3n) is 5.34. The van der Waals surface area contributed by atoms with Gasteiger partial charge in [-0.3, -0.25) is 0 Å². The van der Waals surface area contributed by atoms with Crippen molar-refractivity contribution in [1.29, 1.82) is 0 Å². The number of nitrogens with two attached hydrogens (primary N) is 1. The molecular formula is C25H56N2. The van der Waals surface area contributed by atoms with Crippen LogP contribution in [0.25, 0.3) is 0 Å². The first-order valence-electron chi connectivity index (χ1n) is 12.7. The van der Waals surface area contributed by atoms with Crippen LogP contribution in [0.5, 0.6) is 0 Å². The highest BCUT2D eigenvalue weighted by atomic mass is 14.8. The highest BCUT2D eigenvalue weighted by Gasteiger charge is 1.92. The van der Waals surface area contributed by atoms with E-state index in [0.717, 1.165) is 6.54 Å². The van der Waals surface area contributed by atoms with Crippen molar-refractivity contribution in [2.75, 3.05) is 20.1 Å². The second-order valence-corrected chi connectivity index (χ2v) is 8.26. The van der Waals surface area contributed by atoms with E-state index < -0.39 is 0 Å². The number of nitrogens with one attached hydrogen (secondary N) is 1. The van der Waals surface area contributed by atoms with Crippen molar-refractivity contribution < 1.29 is 0 Å². The molecule has 0 saturated carbocycles. The van der Waals surface area contributed by atoms with Crippen molar-refractivity contribution in [3.63, 3.8) is 0 Å². The maximum absolute atomic E-state index is 5.42. The summed E-state index contributed by atoms with van der Waals surface area (Å²) in [4.78, 5) is 0. The summed E-state index contributed by atoms with van der Waals surface area (Å²) in [7, 11) is 2.04. The van der Waals surface area contributed by atoms with Crippen molar-refractivity contribution in [2.24, 2.45) is 5.73 Å². The first kappa shape index (κ1) is 29.1. The van der Waals surface area contributed by atoms with Gasteiger partial charge in [-0.05, 0) is 33.0 Å². The minimum Gasteiger partial charge on any atom is -0.330 e. The molecule has 0 aromatic carbocycles. The molecule has 0 fully saturated rings. The second kappa shape index (κ2) is 30.6. The predicted octanol–water partition coefficient (Wildman–Crippen LogP) is 7.99. The van der Waals surface area contributed by atoms with E-state index >= 15 is 0 Å². The lowest BCUT2D eigenvalue weighted by Gasteiger charge is -2.01. The molecule has 27 heavy (non-hydrogen) atoms. The maximum Gasteiger partial charge on any atom is -0.00519 e. The number of unbranched alkanes of at least 4 members (excludes halogenated alkanes) is 18. The van der Waals surface area contributed by atoms with Gasteiger partial charge in [-0.15, -0.1) is 0 Å². The lowest BCUT2D eigenvalue weighted by atomic mass is 10.1. The lowest BCUT2D eigenvalue weighted by Crippen LogP contribution is -2.06. The number of rotatable bonds is 21. The molecule has 0 aliphatic heterocycles. The lowest BCUT2D eigenvalue weighted by molar-refractivity contribution is 0.551. The van der Waals surface area contributed by atoms with Gasteiger partial charge >= 0.3 is 0 Å². The van der Waals surface area contributed by atoms with Crippen molar-refractivity contribution in [3.05, 3.63) is 0 Å². The molecule has 0 amide bonds. The Hall–Kier alpha value is -0.0800. The van der Waals surface area contributed by atoms with Crippen LogP contribution in [0.1, 0.15) is 142 Å². The Morgan fingerprint density at radius 2 is 0.741 bits per heavy atom. The largest absolute Gasteiger partial charge is 0.330 e. The zero-order valence-corrected chi connectivity index (χ0v) is 19.6. The van der Waals surface area contributed by atoms with Gasteiger partial charge in [0.15, 0.2) is 0 Å². The van der Waals surface area contributed by atoms with E-state index in [-0.39, 0.29) is 0 Å². The summed E-state index contributed by atoms with van der Waals surface area (Å²) in [5.74, 6) is 0. The molecule has 0 saturated heterocycles. The summed E-state index contributed by atoms with van der Waals surface area (Å²) in [6, 6.07) is 0. The number of hydrogen-bond donors (Lipinski definition) is 2. The molecule has 0 rings (SSSR count). The van der Waals surface area contributed by atoms with Crippen LogP contribution in [0.4, 0.5) is 0 Å². The minimum atomic E-state index is 0.872. The number of hydrogen-bond acceptors (Lipinski definition) is 2. The average Bonchev–Trinajstić information content (AvgIpc) is 2.69. The van der Waals surface area contributed by atoms with E-state index in [9.17, 15) is 0 Å². The standard InChI is InChI=1S/C13H29N.C12H27N/c1-3-4-5-6-7-8-9-10-11-12-13-14-2;1-2-3-4-5-6-7-8-9-10-11-12-13/h14H,3-13H2,1-2H3;2-13H2,1H3. The normalized spacial score (nSPS) is 10.7. The van der Waals surface area contributed by atoms with Crippen molar-refractivity contribution in [3.8, 4) is 0 Å². The van der Waals surface area contributed by atoms with Crippen molar-refractivity contribution in [2.45, 2.75) is 142 Å². The quantitative estimate of drug-likeness (QED) is 0.197. The highest BCUT2D eigenvalue weighted by molar-refractivity contribution is 4.49. The molecule has 0 radical (unpaired) electrons. The molecule has 3 N–H and O–H groups in total. The topological polar surface area (TPSA) is 38.0 Å². The van der Waals surface area contributed by atoms with E-state index in [1.54, 1.807) is 0 Å². The Bertz CT molecular complexity index is 196. The fourth-order valence-corrected chi connectivity index (χ4v) is 3.42. The van der Waals surface area contributed by atoms with E-state index in [4.69, 9.17) is 5.73 Å². The average molecular weight is 385 g/mol. The van der Waals surface area contributed by atoms with E-state index in [1.165, 1.54) is 135 Å². The van der Waals surface area contributed by atoms with E-state index in [2.05, 4.69) is 19.2 Å². The summed E-state index contributed by atoms with van der Waals surface area (Å²) in [5, 5.41) is 3.19. The molecule has 0 heterocycles. The Labute approximate surface area is 173 Å². The minimum absolute atomic E-state index is 0.872. The maximum atomic E-state index is 5.42. The molecule has 2 heteroatoms. The molecule has 0 aliphatic carbocycles. The first-order chi connectivity index (χ1) is 13.3. The van der Waals surface area contributed by atoms with Crippen molar-refractivity contribution in [1.82, 2.24) is 5.32 Å². The third kappa shape index (κ3) is 33.9. The molecule has 0 aromatic heterocycles. The summed E-state index contributed by atoms with van der Waals surface area (Å²) in [6.45, 7) is 6.61. The Kier molecular flexibility index (Phi) is 33.1. The molecule has 0 aromatic rings. The van der Waals surface area contributed by atoms with Crippen LogP contribution in [-0.2, 0) is 0 Å². The fraction of sp³-hybridized carbons (Fsp3) is 1.00. The van der Waals surface area contributed by atoms with Crippen LogP contribution >= 0.6 is 0 Å². The van der Waals surface area contributed by atoms with Crippen LogP contribution in [0, 0.1) is 0 Å². The zero-order valence-electron chi connectivity index (χ0n) is 19.6. The molecule has 0 spiro atoms. The van der Waals surface area contributed by atoms with Gasteiger partial charge < -0.3 is 11.1 Å². The third-order valence-corrected chi connectivity index (χ3v) is 5.34. The molecule has 0 atom stereocenters. The van der Waals surface area contributed by atoms with Gasteiger partial charge in [-0.25, -0.2) is 0 Å². The van der Waals surface area contributed by atoms with Crippen LogP contribution in [0.15, 0.2) is 0 Å². The van der Waals surface area contributed by atoms with Crippen molar-refractivity contribution >= 4 is 0 Å². The smallest absolute Gasteiger partial charge is 0.00519 e. The van der Waals surface area contributed by atoms with Gasteiger partial charge in [0.25, 0.3) is 0 Å². The summed E-state index contributed by atoms with van der Waals surface area (Å²) < 4.78 is 0. The van der Waals surface area contributed by atoms with E-state index in [1.807, 2.05) is 7.05 Å². The van der Waals surface area contributed by atoms with Gasteiger partial charge in [0.2, 0.25) is 0 Å². The highest BCUT2D eigenvalue weighted by Crippen LogP contribution is 2.10. The van der Waals surface area contributed by atoms with Gasteiger partial charge in [-0.2, -0.15) is 0 Å². The van der Waals surface area contributed by atoms with E-state index in [0.29, 0.717) is 0 Å². The Morgan fingerprint density at radius 1 is 0.444 bits per heavy atom. The zero-order chi connectivity index (χ0) is 20.3. The van der Waals surface area contributed by atoms with Crippen LogP contribution in [0.3, 0.4) is 0 Å². The predicted molar refractivity (Wildman–Crippen MR) is 127 cm³/mol. The summed E-state index contributed by atoms with van der Waals surface area (Å²) >= 11 is 0. The van der Waals surface area contributed by atoms with Gasteiger partial charge in [0.05, 0.1) is 0 Å². The van der Waals surface area contributed by atoms with Gasteiger partial charge in [0, 0.05) is 0 Å². The van der Waals surface area contributed by atoms with Gasteiger partial charge in [0.1, 0.15) is 0 Å².